The zero-order valence-corrected chi connectivity index (χ0v) is 13.8. The van der Waals surface area contributed by atoms with Crippen LogP contribution in [-0.4, -0.2) is 18.9 Å². The second kappa shape index (κ2) is 9.75. The molecule has 0 saturated heterocycles. The van der Waals surface area contributed by atoms with Crippen LogP contribution in [0.5, 0.6) is 0 Å². The molecule has 0 spiro atoms. The number of hydrogen-bond donors (Lipinski definition) is 0. The lowest BCUT2D eigenvalue weighted by molar-refractivity contribution is -0.140. The van der Waals surface area contributed by atoms with E-state index in [2.05, 4.69) is 24.7 Å². The molecule has 0 aromatic heterocycles. The molecule has 0 bridgehead atoms. The molecular weight excluding hydrogens is 264 g/mol. The minimum atomic E-state index is -0.0869. The molecule has 120 valence electrons. The van der Waals surface area contributed by atoms with E-state index in [1.165, 1.54) is 38.4 Å². The van der Waals surface area contributed by atoms with Crippen LogP contribution in [0.25, 0.3) is 0 Å². The molecule has 2 atom stereocenters. The quantitative estimate of drug-likeness (QED) is 0.427. The van der Waals surface area contributed by atoms with Gasteiger partial charge in [-0.15, -0.1) is 0 Å². The average Bonchev–Trinajstić information content (AvgIpc) is 2.86. The molecular formula is C18H30O3. The van der Waals surface area contributed by atoms with Gasteiger partial charge in [0.05, 0.1) is 7.11 Å². The number of carbonyl (C=O) groups is 2. The third kappa shape index (κ3) is 6.45. The van der Waals surface area contributed by atoms with Crippen LogP contribution >= 0.6 is 0 Å². The Morgan fingerprint density at radius 3 is 2.67 bits per heavy atom. The second-order valence-electron chi connectivity index (χ2n) is 6.23. The second-order valence-corrected chi connectivity index (χ2v) is 6.23. The summed E-state index contributed by atoms with van der Waals surface area (Å²) in [6.07, 6.45) is 11.6. The SMILES string of the molecule is CC1=CCC[C@@H]2CC(=O)C[C@H]12.CCCCCCC(=O)OC. The number of ketones is 1. The first-order chi connectivity index (χ1) is 10.1. The van der Waals surface area contributed by atoms with E-state index in [1.807, 2.05) is 0 Å². The van der Waals surface area contributed by atoms with Crippen molar-refractivity contribution in [3.05, 3.63) is 11.6 Å². The van der Waals surface area contributed by atoms with Crippen LogP contribution in [0, 0.1) is 11.8 Å². The van der Waals surface area contributed by atoms with E-state index in [9.17, 15) is 9.59 Å². The molecule has 0 unspecified atom stereocenters. The number of methoxy groups -OCH3 is 1. The zero-order valence-electron chi connectivity index (χ0n) is 13.8. The molecule has 2 aliphatic rings. The van der Waals surface area contributed by atoms with Gasteiger partial charge in [-0.05, 0) is 38.0 Å². The van der Waals surface area contributed by atoms with Crippen LogP contribution in [0.1, 0.15) is 71.6 Å². The Morgan fingerprint density at radius 1 is 1.29 bits per heavy atom. The third-order valence-corrected chi connectivity index (χ3v) is 4.56. The van der Waals surface area contributed by atoms with Gasteiger partial charge < -0.3 is 4.74 Å². The molecule has 0 radical (unpaired) electrons. The summed E-state index contributed by atoms with van der Waals surface area (Å²) in [4.78, 5) is 21.7. The molecule has 2 aliphatic carbocycles. The minimum Gasteiger partial charge on any atom is -0.469 e. The minimum absolute atomic E-state index is 0.0869. The van der Waals surface area contributed by atoms with E-state index >= 15 is 0 Å². The van der Waals surface area contributed by atoms with E-state index in [-0.39, 0.29) is 5.97 Å². The molecule has 2 rings (SSSR count). The molecule has 0 aromatic carbocycles. The molecule has 0 heterocycles. The Kier molecular flexibility index (Phi) is 8.33. The van der Waals surface area contributed by atoms with Gasteiger partial charge in [0, 0.05) is 19.3 Å². The predicted molar refractivity (Wildman–Crippen MR) is 85.0 cm³/mol. The lowest BCUT2D eigenvalue weighted by Crippen LogP contribution is -2.12. The van der Waals surface area contributed by atoms with Gasteiger partial charge >= 0.3 is 5.97 Å². The summed E-state index contributed by atoms with van der Waals surface area (Å²) in [5.74, 6) is 1.72. The summed E-state index contributed by atoms with van der Waals surface area (Å²) in [7, 11) is 1.43. The van der Waals surface area contributed by atoms with E-state index in [4.69, 9.17) is 0 Å². The van der Waals surface area contributed by atoms with E-state index in [0.717, 1.165) is 25.7 Å². The Hall–Kier alpha value is -1.12. The maximum absolute atomic E-state index is 11.1. The van der Waals surface area contributed by atoms with Crippen molar-refractivity contribution in [3.8, 4) is 0 Å². The molecule has 3 heteroatoms. The molecule has 0 amide bonds. The lowest BCUT2D eigenvalue weighted by Gasteiger charge is -2.23. The zero-order chi connectivity index (χ0) is 15.7. The van der Waals surface area contributed by atoms with Crippen LogP contribution in [0.4, 0.5) is 0 Å². The van der Waals surface area contributed by atoms with Gasteiger partial charge in [0.25, 0.3) is 0 Å². The fourth-order valence-electron chi connectivity index (χ4n) is 3.24. The monoisotopic (exact) mass is 294 g/mol. The highest BCUT2D eigenvalue weighted by Gasteiger charge is 2.34. The van der Waals surface area contributed by atoms with Gasteiger partial charge in [0.1, 0.15) is 5.78 Å². The maximum atomic E-state index is 11.1. The first-order valence-corrected chi connectivity index (χ1v) is 8.33. The highest BCUT2D eigenvalue weighted by molar-refractivity contribution is 5.81. The Balaban J connectivity index is 0.000000212. The van der Waals surface area contributed by atoms with Crippen molar-refractivity contribution in [1.82, 2.24) is 0 Å². The maximum Gasteiger partial charge on any atom is 0.305 e. The number of rotatable bonds is 5. The van der Waals surface area contributed by atoms with Crippen molar-refractivity contribution in [1.29, 1.82) is 0 Å². The number of esters is 1. The number of unbranched alkanes of at least 4 members (excludes halogenated alkanes) is 3. The number of allylic oxidation sites excluding steroid dienone is 2. The number of Topliss-reactive ketones (excluding diaryl/α,β-unsaturated/α-hetero) is 1. The van der Waals surface area contributed by atoms with Crippen LogP contribution in [0.2, 0.25) is 0 Å². The molecule has 1 saturated carbocycles. The highest BCUT2D eigenvalue weighted by atomic mass is 16.5. The molecule has 0 aliphatic heterocycles. The van der Waals surface area contributed by atoms with Crippen LogP contribution < -0.4 is 0 Å². The van der Waals surface area contributed by atoms with Gasteiger partial charge in [-0.1, -0.05) is 37.8 Å². The molecule has 0 aromatic rings. The summed E-state index contributed by atoms with van der Waals surface area (Å²) in [5, 5.41) is 0. The molecule has 0 N–H and O–H groups in total. The molecule has 3 nitrogen and oxygen atoms in total. The lowest BCUT2D eigenvalue weighted by atomic mass is 9.82. The standard InChI is InChI=1S/C10H14O.C8H16O2/c1-7-3-2-4-8-5-9(11)6-10(7)8;1-3-4-5-6-7-8(9)10-2/h3,8,10H,2,4-6H2,1H3;3-7H2,1-2H3/t8-,10-;/m1./s1. The van der Waals surface area contributed by atoms with Crippen molar-refractivity contribution < 1.29 is 14.3 Å². The summed E-state index contributed by atoms with van der Waals surface area (Å²) >= 11 is 0. The first-order valence-electron chi connectivity index (χ1n) is 8.33. The number of fused-ring (bicyclic) bond motifs is 1. The summed E-state index contributed by atoms with van der Waals surface area (Å²) in [5.41, 5.74) is 1.46. The van der Waals surface area contributed by atoms with Gasteiger partial charge in [-0.25, -0.2) is 0 Å². The van der Waals surface area contributed by atoms with Gasteiger partial charge in [-0.2, -0.15) is 0 Å². The molecule has 1 fully saturated rings. The summed E-state index contributed by atoms with van der Waals surface area (Å²) in [6.45, 7) is 4.33. The average molecular weight is 294 g/mol. The topological polar surface area (TPSA) is 43.4 Å². The molecule has 21 heavy (non-hydrogen) atoms. The number of ether oxygens (including phenoxy) is 1. The van der Waals surface area contributed by atoms with E-state index in [0.29, 0.717) is 24.0 Å². The van der Waals surface area contributed by atoms with E-state index < -0.39 is 0 Å². The fourth-order valence-corrected chi connectivity index (χ4v) is 3.24. The largest absolute Gasteiger partial charge is 0.469 e. The predicted octanol–water partition coefficient (Wildman–Crippen LogP) is 4.45. The Labute approximate surface area is 129 Å². The highest BCUT2D eigenvalue weighted by Crippen LogP contribution is 2.40. The summed E-state index contributed by atoms with van der Waals surface area (Å²) in [6, 6.07) is 0. The van der Waals surface area contributed by atoms with Gasteiger partial charge in [-0.3, -0.25) is 9.59 Å². The first kappa shape index (κ1) is 17.9. The van der Waals surface area contributed by atoms with Crippen molar-refractivity contribution >= 4 is 11.8 Å². The van der Waals surface area contributed by atoms with Crippen LogP contribution in [0.15, 0.2) is 11.6 Å². The Bertz CT molecular complexity index is 371. The van der Waals surface area contributed by atoms with E-state index in [1.54, 1.807) is 0 Å². The van der Waals surface area contributed by atoms with Crippen molar-refractivity contribution in [2.24, 2.45) is 11.8 Å². The summed E-state index contributed by atoms with van der Waals surface area (Å²) < 4.78 is 4.49. The van der Waals surface area contributed by atoms with Crippen molar-refractivity contribution in [2.75, 3.05) is 7.11 Å². The van der Waals surface area contributed by atoms with Gasteiger partial charge in [0.2, 0.25) is 0 Å². The Morgan fingerprint density at radius 2 is 2.05 bits per heavy atom. The smallest absolute Gasteiger partial charge is 0.305 e. The van der Waals surface area contributed by atoms with Crippen LogP contribution in [0.3, 0.4) is 0 Å². The van der Waals surface area contributed by atoms with Crippen LogP contribution in [-0.2, 0) is 14.3 Å². The third-order valence-electron chi connectivity index (χ3n) is 4.56. The number of carbonyl (C=O) groups excluding carboxylic acids is 2. The van der Waals surface area contributed by atoms with Crippen molar-refractivity contribution in [2.45, 2.75) is 71.6 Å². The van der Waals surface area contributed by atoms with Gasteiger partial charge in [0.15, 0.2) is 0 Å². The van der Waals surface area contributed by atoms with Crippen molar-refractivity contribution in [3.63, 3.8) is 0 Å². The normalized spacial score (nSPS) is 23.8. The number of hydrogen-bond acceptors (Lipinski definition) is 3. The fraction of sp³-hybridized carbons (Fsp3) is 0.778.